The number of aromatic nitrogens is 1. The van der Waals surface area contributed by atoms with E-state index in [1.807, 2.05) is 24.3 Å². The van der Waals surface area contributed by atoms with Crippen LogP contribution in [0.25, 0.3) is 10.9 Å². The summed E-state index contributed by atoms with van der Waals surface area (Å²) in [6.07, 6.45) is 2.24. The van der Waals surface area contributed by atoms with Gasteiger partial charge in [0.2, 0.25) is 6.79 Å². The molecule has 5 heteroatoms. The molecule has 0 saturated carbocycles. The van der Waals surface area contributed by atoms with Crippen molar-refractivity contribution in [1.29, 1.82) is 0 Å². The predicted octanol–water partition coefficient (Wildman–Crippen LogP) is 5.36. The summed E-state index contributed by atoms with van der Waals surface area (Å²) < 4.78 is 13.1. The van der Waals surface area contributed by atoms with Gasteiger partial charge < -0.3 is 19.4 Å². The summed E-state index contributed by atoms with van der Waals surface area (Å²) >= 11 is 6.02. The molecule has 5 rings (SSSR count). The number of fused-ring (bicyclic) bond motifs is 2. The lowest BCUT2D eigenvalue weighted by molar-refractivity contribution is 0.174. The van der Waals surface area contributed by atoms with Crippen LogP contribution in [0.4, 0.5) is 0 Å². The maximum Gasteiger partial charge on any atom is 0.231 e. The molecule has 1 aromatic heterocycles. The van der Waals surface area contributed by atoms with Crippen LogP contribution in [-0.4, -0.2) is 11.4 Å². The summed E-state index contributed by atoms with van der Waals surface area (Å²) in [7, 11) is 0. The molecule has 0 fully saturated rings. The molecule has 0 unspecified atom stereocenters. The van der Waals surface area contributed by atoms with Gasteiger partial charge in [0.25, 0.3) is 0 Å². The van der Waals surface area contributed by atoms with Gasteiger partial charge in [0.1, 0.15) is 0 Å². The van der Waals surface area contributed by atoms with Gasteiger partial charge in [0, 0.05) is 41.8 Å². The first-order valence-corrected chi connectivity index (χ1v) is 10.0. The zero-order valence-corrected chi connectivity index (χ0v) is 16.7. The minimum absolute atomic E-state index is 0.305. The van der Waals surface area contributed by atoms with Crippen LogP contribution in [0, 0.1) is 0 Å². The molecule has 0 saturated heterocycles. The number of hydrogen-bond donors (Lipinski definition) is 1. The third-order valence-corrected chi connectivity index (χ3v) is 5.47. The van der Waals surface area contributed by atoms with Crippen LogP contribution in [-0.2, 0) is 19.6 Å². The van der Waals surface area contributed by atoms with E-state index in [4.69, 9.17) is 21.1 Å². The van der Waals surface area contributed by atoms with Crippen molar-refractivity contribution in [2.24, 2.45) is 0 Å². The van der Waals surface area contributed by atoms with Crippen LogP contribution < -0.4 is 14.8 Å². The summed E-state index contributed by atoms with van der Waals surface area (Å²) in [5.74, 6) is 1.64. The van der Waals surface area contributed by atoms with Crippen molar-refractivity contribution < 1.29 is 9.47 Å². The van der Waals surface area contributed by atoms with Crippen LogP contribution in [0.3, 0.4) is 0 Å². The van der Waals surface area contributed by atoms with Crippen LogP contribution >= 0.6 is 11.6 Å². The second-order valence-electron chi connectivity index (χ2n) is 7.22. The largest absolute Gasteiger partial charge is 0.454 e. The quantitative estimate of drug-likeness (QED) is 0.469. The lowest BCUT2D eigenvalue weighted by atomic mass is 10.1. The Morgan fingerprint density at radius 2 is 1.66 bits per heavy atom. The molecule has 0 atom stereocenters. The highest BCUT2D eigenvalue weighted by atomic mass is 35.5. The number of nitrogens with zero attached hydrogens (tertiary/aromatic N) is 1. The van der Waals surface area contributed by atoms with Gasteiger partial charge in [-0.15, -0.1) is 0 Å². The van der Waals surface area contributed by atoms with Crippen molar-refractivity contribution in [2.45, 2.75) is 19.6 Å². The minimum Gasteiger partial charge on any atom is -0.454 e. The Labute approximate surface area is 174 Å². The van der Waals surface area contributed by atoms with Gasteiger partial charge in [-0.25, -0.2) is 0 Å². The Balaban J connectivity index is 1.32. The molecule has 0 bridgehead atoms. The fourth-order valence-corrected chi connectivity index (χ4v) is 3.90. The highest BCUT2D eigenvalue weighted by Crippen LogP contribution is 2.32. The first-order valence-electron chi connectivity index (χ1n) is 9.67. The van der Waals surface area contributed by atoms with Crippen molar-refractivity contribution in [3.8, 4) is 11.5 Å². The first kappa shape index (κ1) is 18.1. The average Bonchev–Trinajstić information content (AvgIpc) is 3.35. The number of halogens is 1. The van der Waals surface area contributed by atoms with Gasteiger partial charge in [0.05, 0.1) is 0 Å². The molecule has 29 heavy (non-hydrogen) atoms. The van der Waals surface area contributed by atoms with E-state index in [1.54, 1.807) is 0 Å². The number of benzene rings is 3. The van der Waals surface area contributed by atoms with E-state index in [2.05, 4.69) is 58.5 Å². The Bertz CT molecular complexity index is 1150. The number of rotatable bonds is 6. The van der Waals surface area contributed by atoms with Gasteiger partial charge in [-0.3, -0.25) is 0 Å². The maximum atomic E-state index is 6.02. The Morgan fingerprint density at radius 3 is 2.55 bits per heavy atom. The van der Waals surface area contributed by atoms with Crippen LogP contribution in [0.5, 0.6) is 11.5 Å². The zero-order valence-electron chi connectivity index (χ0n) is 15.9. The highest BCUT2D eigenvalue weighted by molar-refractivity contribution is 6.30. The fourth-order valence-electron chi connectivity index (χ4n) is 3.77. The van der Waals surface area contributed by atoms with Crippen molar-refractivity contribution in [1.82, 2.24) is 9.88 Å². The van der Waals surface area contributed by atoms with E-state index in [0.717, 1.165) is 36.2 Å². The van der Waals surface area contributed by atoms with E-state index in [1.165, 1.54) is 27.6 Å². The molecule has 1 aliphatic rings. The monoisotopic (exact) mass is 404 g/mol. The number of ether oxygens (including phenoxy) is 2. The van der Waals surface area contributed by atoms with Crippen molar-refractivity contribution in [3.05, 3.63) is 94.6 Å². The van der Waals surface area contributed by atoms with E-state index in [-0.39, 0.29) is 0 Å². The molecule has 0 aliphatic carbocycles. The summed E-state index contributed by atoms with van der Waals surface area (Å²) in [4.78, 5) is 0. The summed E-state index contributed by atoms with van der Waals surface area (Å²) in [6.45, 7) is 2.69. The van der Waals surface area contributed by atoms with Crippen molar-refractivity contribution in [3.63, 3.8) is 0 Å². The molecule has 0 radical (unpaired) electrons. The molecule has 4 aromatic rings. The van der Waals surface area contributed by atoms with E-state index >= 15 is 0 Å². The lowest BCUT2D eigenvalue weighted by Crippen LogP contribution is -2.12. The molecule has 146 valence electrons. The summed E-state index contributed by atoms with van der Waals surface area (Å²) in [5, 5.41) is 5.60. The second-order valence-corrected chi connectivity index (χ2v) is 7.65. The molecular weight excluding hydrogens is 384 g/mol. The molecule has 1 N–H and O–H groups in total. The molecule has 1 aliphatic heterocycles. The van der Waals surface area contributed by atoms with Crippen LogP contribution in [0.1, 0.15) is 16.7 Å². The molecular formula is C24H21ClN2O2. The summed E-state index contributed by atoms with van der Waals surface area (Å²) in [5.41, 5.74) is 4.94. The summed E-state index contributed by atoms with van der Waals surface area (Å²) in [6, 6.07) is 22.7. The van der Waals surface area contributed by atoms with Crippen LogP contribution in [0.15, 0.2) is 72.9 Å². The third kappa shape index (κ3) is 3.82. The van der Waals surface area contributed by atoms with E-state index in [9.17, 15) is 0 Å². The second kappa shape index (κ2) is 7.82. The SMILES string of the molecule is Clc1ccc(Cn2cc(CNCc3ccc4c(c3)OCO4)c3ccccc32)cc1. The van der Waals surface area contributed by atoms with Gasteiger partial charge >= 0.3 is 0 Å². The van der Waals surface area contributed by atoms with Crippen LogP contribution in [0.2, 0.25) is 5.02 Å². The number of nitrogens with one attached hydrogen (secondary N) is 1. The standard InChI is InChI=1S/C24H21ClN2O2/c25-20-8-5-17(6-9-20)14-27-15-19(21-3-1-2-4-22(21)27)13-26-12-18-7-10-23-24(11-18)29-16-28-23/h1-11,15,26H,12-14,16H2. The normalized spacial score (nSPS) is 12.6. The third-order valence-electron chi connectivity index (χ3n) is 5.22. The Morgan fingerprint density at radius 1 is 0.862 bits per heavy atom. The molecule has 4 nitrogen and oxygen atoms in total. The average molecular weight is 405 g/mol. The minimum atomic E-state index is 0.305. The molecule has 0 spiro atoms. The lowest BCUT2D eigenvalue weighted by Gasteiger charge is -2.06. The van der Waals surface area contributed by atoms with Gasteiger partial charge in [-0.1, -0.05) is 48.0 Å². The fraction of sp³-hybridized carbons (Fsp3) is 0.167. The van der Waals surface area contributed by atoms with Gasteiger partial charge in [-0.05, 0) is 47.0 Å². The van der Waals surface area contributed by atoms with E-state index < -0.39 is 0 Å². The molecule has 2 heterocycles. The van der Waals surface area contributed by atoms with Crippen molar-refractivity contribution in [2.75, 3.05) is 6.79 Å². The Kier molecular flexibility index (Phi) is 4.88. The maximum absolute atomic E-state index is 6.02. The van der Waals surface area contributed by atoms with Gasteiger partial charge in [-0.2, -0.15) is 0 Å². The van der Waals surface area contributed by atoms with E-state index in [0.29, 0.717) is 6.79 Å². The molecule has 0 amide bonds. The zero-order chi connectivity index (χ0) is 19.6. The number of hydrogen-bond acceptors (Lipinski definition) is 3. The number of para-hydroxylation sites is 1. The smallest absolute Gasteiger partial charge is 0.231 e. The topological polar surface area (TPSA) is 35.4 Å². The highest BCUT2D eigenvalue weighted by Gasteiger charge is 2.13. The first-order chi connectivity index (χ1) is 14.3. The molecule has 3 aromatic carbocycles. The Hall–Kier alpha value is -2.95. The van der Waals surface area contributed by atoms with Gasteiger partial charge in [0.15, 0.2) is 11.5 Å². The van der Waals surface area contributed by atoms with Crippen molar-refractivity contribution >= 4 is 22.5 Å². The predicted molar refractivity (Wildman–Crippen MR) is 116 cm³/mol.